The number of hydrogen-bond donors (Lipinski definition) is 1. The normalized spacial score (nSPS) is 31.4. The van der Waals surface area contributed by atoms with E-state index in [0.29, 0.717) is 20.9 Å². The summed E-state index contributed by atoms with van der Waals surface area (Å²) in [5.41, 5.74) is 0.160. The minimum Gasteiger partial charge on any atom is -0.395 e. The fraction of sp³-hybridized carbons (Fsp3) is 0.526. The Bertz CT molecular complexity index is 963. The van der Waals surface area contributed by atoms with Gasteiger partial charge in [-0.25, -0.2) is 0 Å². The van der Waals surface area contributed by atoms with Crippen LogP contribution in [0.2, 0.25) is 0 Å². The van der Waals surface area contributed by atoms with Crippen LogP contribution in [0.15, 0.2) is 18.2 Å². The molecule has 1 aromatic heterocycles. The molecule has 7 rings (SSSR count). The first kappa shape index (κ1) is 16.1. The zero-order chi connectivity index (χ0) is 18.4. The van der Waals surface area contributed by atoms with Gasteiger partial charge in [-0.15, -0.1) is 20.1 Å². The molecule has 5 heterocycles. The summed E-state index contributed by atoms with van der Waals surface area (Å²) in [6, 6.07) is 5.08. The van der Waals surface area contributed by atoms with Crippen molar-refractivity contribution < 1.29 is 23.0 Å². The number of nitrogens with one attached hydrogen (secondary N) is 1. The number of piperidine rings is 3. The summed E-state index contributed by atoms with van der Waals surface area (Å²) in [4.78, 5) is 16.0. The van der Waals surface area contributed by atoms with Gasteiger partial charge in [-0.1, -0.05) is 0 Å². The van der Waals surface area contributed by atoms with Crippen LogP contribution in [0.3, 0.4) is 0 Å². The van der Waals surface area contributed by atoms with Crippen LogP contribution >= 0.6 is 11.3 Å². The maximum atomic E-state index is 13.4. The molecule has 5 aliphatic rings. The van der Waals surface area contributed by atoms with Crippen molar-refractivity contribution in [2.45, 2.75) is 43.6 Å². The van der Waals surface area contributed by atoms with Gasteiger partial charge in [0, 0.05) is 5.54 Å². The molecular weight excluding hydrogens is 374 g/mol. The van der Waals surface area contributed by atoms with Crippen molar-refractivity contribution in [1.82, 2.24) is 10.2 Å². The molecule has 1 aromatic carbocycles. The van der Waals surface area contributed by atoms with Gasteiger partial charge < -0.3 is 14.8 Å². The lowest BCUT2D eigenvalue weighted by atomic mass is 9.77. The molecular formula is C19H18F2N2O3S. The van der Waals surface area contributed by atoms with Crippen molar-refractivity contribution in [3.63, 3.8) is 0 Å². The van der Waals surface area contributed by atoms with E-state index >= 15 is 0 Å². The summed E-state index contributed by atoms with van der Waals surface area (Å²) in [6.45, 7) is 2.27. The molecule has 4 aliphatic heterocycles. The highest BCUT2D eigenvalue weighted by molar-refractivity contribution is 7.21. The van der Waals surface area contributed by atoms with Crippen molar-refractivity contribution >= 4 is 27.3 Å². The Morgan fingerprint density at radius 3 is 2.74 bits per heavy atom. The van der Waals surface area contributed by atoms with E-state index in [2.05, 4.69) is 19.7 Å². The Morgan fingerprint density at radius 2 is 2.00 bits per heavy atom. The number of nitrogens with zero attached hydrogens (tertiary/aromatic N) is 1. The Balaban J connectivity index is 1.31. The minimum absolute atomic E-state index is 0.00984. The number of fused-ring (bicyclic) bond motifs is 5. The van der Waals surface area contributed by atoms with Gasteiger partial charge in [-0.05, 0) is 68.3 Å². The highest BCUT2D eigenvalue weighted by Gasteiger charge is 2.60. The smallest absolute Gasteiger partial charge is 0.395 e. The number of amides is 1. The van der Waals surface area contributed by atoms with E-state index in [9.17, 15) is 13.6 Å². The van der Waals surface area contributed by atoms with Gasteiger partial charge in [0.2, 0.25) is 0 Å². The van der Waals surface area contributed by atoms with Crippen LogP contribution in [-0.2, 0) is 0 Å². The lowest BCUT2D eigenvalue weighted by Crippen LogP contribution is -2.65. The third-order valence-electron chi connectivity index (χ3n) is 6.55. The largest absolute Gasteiger partial charge is 0.586 e. The highest BCUT2D eigenvalue weighted by Crippen LogP contribution is 2.54. The number of alkyl halides is 2. The first-order valence-corrected chi connectivity index (χ1v) is 10.2. The molecule has 5 nitrogen and oxygen atoms in total. The van der Waals surface area contributed by atoms with Gasteiger partial charge in [0.15, 0.2) is 11.5 Å². The van der Waals surface area contributed by atoms with Gasteiger partial charge in [0.1, 0.15) is 0 Å². The fourth-order valence-electron chi connectivity index (χ4n) is 5.15. The number of carbonyl (C=O) groups excluding carboxylic acids is 1. The first-order chi connectivity index (χ1) is 13.0. The van der Waals surface area contributed by atoms with E-state index in [-0.39, 0.29) is 29.0 Å². The molecule has 142 valence electrons. The van der Waals surface area contributed by atoms with E-state index in [4.69, 9.17) is 0 Å². The fourth-order valence-corrected chi connectivity index (χ4v) is 6.19. The molecule has 1 amide bonds. The maximum absolute atomic E-state index is 13.4. The van der Waals surface area contributed by atoms with Crippen molar-refractivity contribution in [3.05, 3.63) is 23.1 Å². The molecule has 8 heteroatoms. The van der Waals surface area contributed by atoms with Crippen LogP contribution in [-0.4, -0.2) is 41.8 Å². The monoisotopic (exact) mass is 392 g/mol. The molecule has 2 bridgehead atoms. The summed E-state index contributed by atoms with van der Waals surface area (Å²) in [6.07, 6.45) is 0.903. The van der Waals surface area contributed by atoms with Crippen LogP contribution in [0.5, 0.6) is 11.5 Å². The lowest BCUT2D eigenvalue weighted by Gasteiger charge is -2.52. The van der Waals surface area contributed by atoms with Crippen LogP contribution in [0, 0.1) is 5.92 Å². The predicted octanol–water partition coefficient (Wildman–Crippen LogP) is 3.58. The average molecular weight is 392 g/mol. The van der Waals surface area contributed by atoms with E-state index in [1.807, 2.05) is 0 Å². The van der Waals surface area contributed by atoms with Crippen molar-refractivity contribution in [3.8, 4) is 11.5 Å². The second kappa shape index (κ2) is 5.11. The molecule has 0 radical (unpaired) electrons. The Labute approximate surface area is 158 Å². The Morgan fingerprint density at radius 1 is 1.22 bits per heavy atom. The number of benzene rings is 1. The SMILES string of the molecule is O=C(NC1C2CCN(CC2)C12CC2)c1cc2ccc3c(c2s1)OC(F)(F)O3. The molecule has 3 saturated heterocycles. The summed E-state index contributed by atoms with van der Waals surface area (Å²) in [5, 5.41) is 3.98. The number of ether oxygens (including phenoxy) is 2. The Kier molecular flexibility index (Phi) is 3.04. The zero-order valence-electron chi connectivity index (χ0n) is 14.5. The lowest BCUT2D eigenvalue weighted by molar-refractivity contribution is -0.286. The molecule has 1 saturated carbocycles. The molecule has 4 fully saturated rings. The highest BCUT2D eigenvalue weighted by atomic mass is 32.1. The third-order valence-corrected chi connectivity index (χ3v) is 7.70. The predicted molar refractivity (Wildman–Crippen MR) is 95.5 cm³/mol. The van der Waals surface area contributed by atoms with E-state index < -0.39 is 6.29 Å². The first-order valence-electron chi connectivity index (χ1n) is 9.34. The van der Waals surface area contributed by atoms with Crippen molar-refractivity contribution in [2.75, 3.05) is 13.1 Å². The maximum Gasteiger partial charge on any atom is 0.586 e. The van der Waals surface area contributed by atoms with Gasteiger partial charge in [0.25, 0.3) is 5.91 Å². The summed E-state index contributed by atoms with van der Waals surface area (Å²) in [7, 11) is 0. The topological polar surface area (TPSA) is 50.8 Å². The standard InChI is InChI=1S/C19H18F2N2O3S/c20-19(21)25-12-2-1-11-9-13(27-15(11)14(12)26-19)17(24)22-16-10-3-7-23(8-4-10)18(16)5-6-18/h1-2,9-10,16H,3-8H2,(H,22,24). The average Bonchev–Trinajstić information content (AvgIpc) is 3.16. The third kappa shape index (κ3) is 2.26. The number of carbonyl (C=O) groups is 1. The zero-order valence-corrected chi connectivity index (χ0v) is 15.3. The summed E-state index contributed by atoms with van der Waals surface area (Å²) in [5.74, 6) is 0.440. The van der Waals surface area contributed by atoms with Crippen LogP contribution < -0.4 is 14.8 Å². The molecule has 27 heavy (non-hydrogen) atoms. The van der Waals surface area contributed by atoms with E-state index in [1.165, 1.54) is 17.4 Å². The molecule has 1 unspecified atom stereocenters. The van der Waals surface area contributed by atoms with Gasteiger partial charge in [-0.3, -0.25) is 9.69 Å². The van der Waals surface area contributed by atoms with Crippen molar-refractivity contribution in [1.29, 1.82) is 0 Å². The summed E-state index contributed by atoms with van der Waals surface area (Å²) >= 11 is 1.18. The molecule has 1 N–H and O–H groups in total. The molecule has 2 aromatic rings. The van der Waals surface area contributed by atoms with E-state index in [1.54, 1.807) is 12.1 Å². The summed E-state index contributed by atoms with van der Waals surface area (Å²) < 4.78 is 36.5. The Hall–Kier alpha value is -1.93. The molecule has 1 spiro atoms. The van der Waals surface area contributed by atoms with Gasteiger partial charge in [-0.2, -0.15) is 0 Å². The van der Waals surface area contributed by atoms with Gasteiger partial charge >= 0.3 is 6.29 Å². The number of halogens is 2. The number of hydrogen-bond acceptors (Lipinski definition) is 5. The molecule has 1 aliphatic carbocycles. The number of rotatable bonds is 2. The second-order valence-electron chi connectivity index (χ2n) is 7.97. The quantitative estimate of drug-likeness (QED) is 0.849. The molecule has 1 atom stereocenters. The minimum atomic E-state index is -3.66. The van der Waals surface area contributed by atoms with Gasteiger partial charge in [0.05, 0.1) is 15.6 Å². The van der Waals surface area contributed by atoms with Crippen LogP contribution in [0.4, 0.5) is 8.78 Å². The number of thiophene rings is 1. The van der Waals surface area contributed by atoms with Crippen molar-refractivity contribution in [2.24, 2.45) is 5.92 Å². The van der Waals surface area contributed by atoms with Crippen LogP contribution in [0.25, 0.3) is 10.1 Å². The van der Waals surface area contributed by atoms with Crippen LogP contribution in [0.1, 0.15) is 35.4 Å². The second-order valence-corrected chi connectivity index (χ2v) is 9.02. The van der Waals surface area contributed by atoms with E-state index in [0.717, 1.165) is 38.8 Å².